The second-order valence-corrected chi connectivity index (χ2v) is 2.78. The third-order valence-corrected chi connectivity index (χ3v) is 1.93. The summed E-state index contributed by atoms with van der Waals surface area (Å²) in [6, 6.07) is 8.86. The van der Waals surface area contributed by atoms with Gasteiger partial charge >= 0.3 is 0 Å². The molecule has 1 aromatic carbocycles. The molecule has 0 fully saturated rings. The van der Waals surface area contributed by atoms with Crippen molar-refractivity contribution >= 4 is 35.7 Å². The van der Waals surface area contributed by atoms with E-state index < -0.39 is 0 Å². The van der Waals surface area contributed by atoms with Crippen molar-refractivity contribution in [3.63, 3.8) is 0 Å². The Hall–Kier alpha value is -1.19. The van der Waals surface area contributed by atoms with E-state index in [1.54, 1.807) is 19.2 Å². The summed E-state index contributed by atoms with van der Waals surface area (Å²) in [5.41, 5.74) is 0.701. The monoisotopic (exact) mass is 247 g/mol. The fourth-order valence-corrected chi connectivity index (χ4v) is 1.26. The van der Waals surface area contributed by atoms with Gasteiger partial charge in [0.25, 0.3) is 0 Å². The fourth-order valence-electron chi connectivity index (χ4n) is 1.26. The topological polar surface area (TPSA) is 42.1 Å². The van der Waals surface area contributed by atoms with Gasteiger partial charge in [-0.25, -0.2) is 0 Å². The van der Waals surface area contributed by atoms with Gasteiger partial charge in [0.15, 0.2) is 0 Å². The number of hydrogen-bond donors (Lipinski definition) is 1. The van der Waals surface area contributed by atoms with Crippen molar-refractivity contribution in [3.05, 3.63) is 40.7 Å². The smallest absolute Gasteiger partial charge is 0.248 e. The third kappa shape index (κ3) is 2.88. The Balaban J connectivity index is 0.000000980. The van der Waals surface area contributed by atoms with E-state index in [9.17, 15) is 4.79 Å². The van der Waals surface area contributed by atoms with Crippen molar-refractivity contribution < 1.29 is 4.74 Å². The Labute approximate surface area is 99.3 Å². The van der Waals surface area contributed by atoms with Crippen LogP contribution < -0.4 is 10.3 Å². The maximum absolute atomic E-state index is 11.0. The van der Waals surface area contributed by atoms with E-state index in [1.165, 1.54) is 6.07 Å². The molecule has 0 atom stereocenters. The maximum Gasteiger partial charge on any atom is 0.248 e. The van der Waals surface area contributed by atoms with Gasteiger partial charge in [0, 0.05) is 12.1 Å². The van der Waals surface area contributed by atoms with Crippen molar-refractivity contribution in [2.45, 2.75) is 0 Å². The number of benzene rings is 1. The average Bonchev–Trinajstić information content (AvgIpc) is 2.16. The highest BCUT2D eigenvalue weighted by molar-refractivity contribution is 5.85. The molecule has 3 nitrogen and oxygen atoms in total. The fraction of sp³-hybridized carbons (Fsp3) is 0.100. The molecule has 0 radical (unpaired) electrons. The van der Waals surface area contributed by atoms with Gasteiger partial charge in [-0.1, -0.05) is 0 Å². The highest BCUT2D eigenvalue weighted by Gasteiger charge is 1.95. The predicted molar refractivity (Wildman–Crippen MR) is 65.6 cm³/mol. The number of aromatic amines is 1. The molecule has 0 saturated heterocycles. The standard InChI is InChI=1S/C10H9NO2.2ClH/c1-13-8-4-2-7-3-5-10(12)11-9(7)6-8;;/h2-6H,1H3,(H,11,12);2*1H. The minimum atomic E-state index is -0.0965. The first-order valence-electron chi connectivity index (χ1n) is 3.97. The molecule has 0 aliphatic carbocycles. The first-order chi connectivity index (χ1) is 6.29. The molecule has 2 rings (SSSR count). The number of hydrogen-bond acceptors (Lipinski definition) is 2. The van der Waals surface area contributed by atoms with Crippen LogP contribution in [0.3, 0.4) is 0 Å². The van der Waals surface area contributed by atoms with Crippen molar-refractivity contribution in [2.24, 2.45) is 0 Å². The summed E-state index contributed by atoms with van der Waals surface area (Å²) in [5, 5.41) is 1.00. The first-order valence-corrected chi connectivity index (χ1v) is 3.97. The number of ether oxygens (including phenoxy) is 1. The SMILES string of the molecule is COc1ccc2ccc(=O)[nH]c2c1.Cl.Cl. The summed E-state index contributed by atoms with van der Waals surface area (Å²) in [4.78, 5) is 13.7. The van der Waals surface area contributed by atoms with E-state index in [1.807, 2.05) is 12.1 Å². The van der Waals surface area contributed by atoms with Gasteiger partial charge in [0.1, 0.15) is 5.75 Å². The lowest BCUT2D eigenvalue weighted by Crippen LogP contribution is -2.02. The molecule has 0 aliphatic heterocycles. The number of fused-ring (bicyclic) bond motifs is 1. The molecule has 15 heavy (non-hydrogen) atoms. The minimum absolute atomic E-state index is 0. The van der Waals surface area contributed by atoms with Crippen LogP contribution in [-0.4, -0.2) is 12.1 Å². The van der Waals surface area contributed by atoms with Gasteiger partial charge in [0.2, 0.25) is 5.56 Å². The maximum atomic E-state index is 11.0. The van der Waals surface area contributed by atoms with Crippen LogP contribution in [-0.2, 0) is 0 Å². The highest BCUT2D eigenvalue weighted by atomic mass is 35.5. The molecule has 0 unspecified atom stereocenters. The lowest BCUT2D eigenvalue weighted by atomic mass is 10.2. The summed E-state index contributed by atoms with van der Waals surface area (Å²) in [6.45, 7) is 0. The van der Waals surface area contributed by atoms with Gasteiger partial charge in [-0.2, -0.15) is 0 Å². The van der Waals surface area contributed by atoms with Crippen LogP contribution in [0.4, 0.5) is 0 Å². The highest BCUT2D eigenvalue weighted by Crippen LogP contribution is 2.16. The molecule has 2 aromatic rings. The van der Waals surface area contributed by atoms with Crippen molar-refractivity contribution in [2.75, 3.05) is 7.11 Å². The van der Waals surface area contributed by atoms with Crippen molar-refractivity contribution in [3.8, 4) is 5.75 Å². The van der Waals surface area contributed by atoms with E-state index in [-0.39, 0.29) is 30.4 Å². The lowest BCUT2D eigenvalue weighted by Gasteiger charge is -2.00. The van der Waals surface area contributed by atoms with Gasteiger partial charge < -0.3 is 9.72 Å². The zero-order chi connectivity index (χ0) is 9.26. The van der Waals surface area contributed by atoms with Crippen LogP contribution in [0, 0.1) is 0 Å². The van der Waals surface area contributed by atoms with E-state index in [4.69, 9.17) is 4.74 Å². The molecule has 0 spiro atoms. The molecule has 1 aromatic heterocycles. The van der Waals surface area contributed by atoms with Crippen molar-refractivity contribution in [1.82, 2.24) is 4.98 Å². The molecule has 5 heteroatoms. The molecule has 0 saturated carbocycles. The Morgan fingerprint density at radius 3 is 2.47 bits per heavy atom. The predicted octanol–water partition coefficient (Wildman–Crippen LogP) is 2.38. The summed E-state index contributed by atoms with van der Waals surface area (Å²) in [6.07, 6.45) is 0. The number of methoxy groups -OCH3 is 1. The first kappa shape index (κ1) is 13.8. The number of pyridine rings is 1. The Morgan fingerprint density at radius 1 is 1.13 bits per heavy atom. The molecule has 82 valence electrons. The van der Waals surface area contributed by atoms with Crippen LogP contribution >= 0.6 is 24.8 Å². The molecule has 1 N–H and O–H groups in total. The van der Waals surface area contributed by atoms with Crippen LogP contribution in [0.1, 0.15) is 0 Å². The molecule has 0 bridgehead atoms. The Kier molecular flexibility index (Phi) is 5.19. The molecule has 1 heterocycles. The average molecular weight is 248 g/mol. The molecular formula is C10H11Cl2NO2. The van der Waals surface area contributed by atoms with Crippen molar-refractivity contribution in [1.29, 1.82) is 0 Å². The van der Waals surface area contributed by atoms with Gasteiger partial charge in [-0.15, -0.1) is 24.8 Å². The quantitative estimate of drug-likeness (QED) is 0.841. The Morgan fingerprint density at radius 2 is 1.80 bits per heavy atom. The van der Waals surface area contributed by atoms with Gasteiger partial charge in [0.05, 0.1) is 12.6 Å². The number of halogens is 2. The van der Waals surface area contributed by atoms with E-state index in [0.717, 1.165) is 16.7 Å². The van der Waals surface area contributed by atoms with Crippen LogP contribution in [0.25, 0.3) is 10.9 Å². The normalized spacial score (nSPS) is 8.87. The zero-order valence-corrected chi connectivity index (χ0v) is 9.65. The molecule has 0 amide bonds. The summed E-state index contributed by atoms with van der Waals surface area (Å²) >= 11 is 0. The van der Waals surface area contributed by atoms with Crippen LogP contribution in [0.15, 0.2) is 35.1 Å². The van der Waals surface area contributed by atoms with E-state index in [2.05, 4.69) is 4.98 Å². The molecule has 0 aliphatic rings. The van der Waals surface area contributed by atoms with Crippen LogP contribution in [0.2, 0.25) is 0 Å². The third-order valence-electron chi connectivity index (χ3n) is 1.93. The van der Waals surface area contributed by atoms with Crippen LogP contribution in [0.5, 0.6) is 5.75 Å². The van der Waals surface area contributed by atoms with Gasteiger partial charge in [-0.05, 0) is 23.6 Å². The number of rotatable bonds is 1. The Bertz CT molecular complexity index is 496. The summed E-state index contributed by atoms with van der Waals surface area (Å²) in [5.74, 6) is 0.745. The summed E-state index contributed by atoms with van der Waals surface area (Å²) < 4.78 is 5.04. The number of aromatic nitrogens is 1. The number of nitrogens with one attached hydrogen (secondary N) is 1. The zero-order valence-electron chi connectivity index (χ0n) is 8.02. The van der Waals surface area contributed by atoms with Gasteiger partial charge in [-0.3, -0.25) is 4.79 Å². The largest absolute Gasteiger partial charge is 0.497 e. The molecular weight excluding hydrogens is 237 g/mol. The number of H-pyrrole nitrogens is 1. The lowest BCUT2D eigenvalue weighted by molar-refractivity contribution is 0.415. The van der Waals surface area contributed by atoms with E-state index in [0.29, 0.717) is 0 Å². The second-order valence-electron chi connectivity index (χ2n) is 2.78. The second kappa shape index (κ2) is 5.63. The minimum Gasteiger partial charge on any atom is -0.497 e. The van der Waals surface area contributed by atoms with E-state index >= 15 is 0 Å². The summed E-state index contributed by atoms with van der Waals surface area (Å²) in [7, 11) is 1.60.